The maximum Gasteiger partial charge on any atom is 0.491 e. The van der Waals surface area contributed by atoms with E-state index in [4.69, 9.17) is 4.74 Å². The predicted octanol–water partition coefficient (Wildman–Crippen LogP) is -1.95. The number of hydrogen-bond acceptors (Lipinski definition) is 10. The highest BCUT2D eigenvalue weighted by Crippen LogP contribution is 2.42. The number of carbonyl (C=O) groups excluding carboxylic acids is 1. The number of nitrogens with one attached hydrogen (secondary N) is 1. The Balaban J connectivity index is 2.10. The Morgan fingerprint density at radius 1 is 1.39 bits per heavy atom. The Bertz CT molecular complexity index is 912. The summed E-state index contributed by atoms with van der Waals surface area (Å²) in [6.45, 7) is 0.188. The molecule has 1 aliphatic rings. The van der Waals surface area contributed by atoms with Gasteiger partial charge in [0.2, 0.25) is 0 Å². The van der Waals surface area contributed by atoms with E-state index in [9.17, 15) is 47.2 Å². The smallest absolute Gasteiger partial charge is 0.491 e. The van der Waals surface area contributed by atoms with Crippen LogP contribution in [0.5, 0.6) is 0 Å². The molecule has 0 bridgehead atoms. The van der Waals surface area contributed by atoms with Crippen molar-refractivity contribution < 1.29 is 51.4 Å². The first-order valence-electron chi connectivity index (χ1n) is 7.33. The Kier molecular flexibility index (Phi) is 6.18. The second kappa shape index (κ2) is 7.77. The largest absolute Gasteiger partial charge is 0.746 e. The molecule has 1 aromatic rings. The number of rotatable bonds is 5. The summed E-state index contributed by atoms with van der Waals surface area (Å²) >= 11 is 0. The van der Waals surface area contributed by atoms with Crippen molar-refractivity contribution in [2.45, 2.75) is 37.6 Å². The van der Waals surface area contributed by atoms with E-state index in [2.05, 4.69) is 9.05 Å². The van der Waals surface area contributed by atoms with Gasteiger partial charge in [0, 0.05) is 11.8 Å². The minimum absolute atomic E-state index is 0.0488. The monoisotopic (exact) mass is 433 g/mol. The molecule has 3 N–H and O–H groups in total. The maximum absolute atomic E-state index is 12.0. The fraction of sp³-hybridized carbons (Fsp3) is 0.583. The van der Waals surface area contributed by atoms with Crippen LogP contribution >= 0.6 is 7.82 Å². The van der Waals surface area contributed by atoms with Crippen molar-refractivity contribution in [3.05, 3.63) is 32.6 Å². The van der Waals surface area contributed by atoms with Crippen molar-refractivity contribution >= 4 is 13.8 Å². The Labute approximate surface area is 152 Å². The number of aromatic nitrogens is 2. The van der Waals surface area contributed by atoms with E-state index >= 15 is 0 Å². The topological polar surface area (TPSA) is 180 Å². The number of H-pyrrole nitrogens is 1. The van der Waals surface area contributed by atoms with Crippen molar-refractivity contribution in [3.8, 4) is 0 Å². The molecule has 28 heavy (non-hydrogen) atoms. The molecule has 158 valence electrons. The lowest BCUT2D eigenvalue weighted by Crippen LogP contribution is -2.38. The number of hydrogen-bond donors (Lipinski definition) is 3. The van der Waals surface area contributed by atoms with Crippen LogP contribution in [0.4, 0.5) is 13.2 Å². The van der Waals surface area contributed by atoms with Crippen LogP contribution in [0.15, 0.2) is 15.8 Å². The predicted molar refractivity (Wildman–Crippen MR) is 77.7 cm³/mol. The van der Waals surface area contributed by atoms with Crippen molar-refractivity contribution in [3.63, 3.8) is 0 Å². The molecule has 2 rings (SSSR count). The first kappa shape index (κ1) is 22.3. The van der Waals surface area contributed by atoms with Gasteiger partial charge < -0.3 is 28.9 Å². The molecule has 1 fully saturated rings. The van der Waals surface area contributed by atoms with Crippen molar-refractivity contribution in [1.82, 2.24) is 9.55 Å². The highest BCUT2D eigenvalue weighted by atomic mass is 31.2. The number of aliphatic hydroxyl groups excluding tert-OH is 2. The summed E-state index contributed by atoms with van der Waals surface area (Å²) in [4.78, 5) is 46.9. The van der Waals surface area contributed by atoms with E-state index in [-0.39, 0.29) is 5.56 Å². The third-order valence-electron chi connectivity index (χ3n) is 3.58. The van der Waals surface area contributed by atoms with Crippen LogP contribution in [0, 0.1) is 6.92 Å². The number of phosphoric acid groups is 1. The molecule has 0 saturated carbocycles. The number of nitrogens with zero attached hydrogens (tertiary/aromatic N) is 1. The Hall–Kier alpha value is -2.03. The second-order valence-electron chi connectivity index (χ2n) is 5.64. The fourth-order valence-electron chi connectivity index (χ4n) is 2.22. The van der Waals surface area contributed by atoms with Crippen LogP contribution in [-0.2, 0) is 23.1 Å². The lowest BCUT2D eigenvalue weighted by Gasteiger charge is -2.24. The molecule has 5 atom stereocenters. The van der Waals surface area contributed by atoms with Crippen LogP contribution in [0.2, 0.25) is 0 Å². The van der Waals surface area contributed by atoms with Crippen LogP contribution in [0.3, 0.4) is 0 Å². The minimum atomic E-state index is -5.77. The van der Waals surface area contributed by atoms with E-state index in [0.29, 0.717) is 4.57 Å². The first-order valence-corrected chi connectivity index (χ1v) is 8.79. The van der Waals surface area contributed by atoms with Crippen molar-refractivity contribution in [2.75, 3.05) is 6.61 Å². The van der Waals surface area contributed by atoms with E-state index in [1.165, 1.54) is 6.92 Å². The van der Waals surface area contributed by atoms with Gasteiger partial charge in [-0.2, -0.15) is 13.2 Å². The summed E-state index contributed by atoms with van der Waals surface area (Å²) in [5.74, 6) is -3.04. The van der Waals surface area contributed by atoms with Gasteiger partial charge in [-0.25, -0.2) is 9.59 Å². The van der Waals surface area contributed by atoms with Gasteiger partial charge in [-0.1, -0.05) is 0 Å². The van der Waals surface area contributed by atoms with E-state index in [1.54, 1.807) is 0 Å². The molecule has 0 aliphatic carbocycles. The lowest BCUT2D eigenvalue weighted by atomic mass is 10.1. The molecule has 0 amide bonds. The van der Waals surface area contributed by atoms with Gasteiger partial charge in [0.15, 0.2) is 6.23 Å². The van der Waals surface area contributed by atoms with Gasteiger partial charge in [0.05, 0.1) is 6.61 Å². The van der Waals surface area contributed by atoms with Gasteiger partial charge in [-0.05, 0) is 6.92 Å². The molecule has 0 spiro atoms. The first-order chi connectivity index (χ1) is 12.7. The number of aliphatic hydroxyl groups is 2. The zero-order chi connectivity index (χ0) is 21.4. The molecule has 2 heterocycles. The number of carbonyl (C=O) groups is 1. The van der Waals surface area contributed by atoms with Gasteiger partial charge in [-0.15, -0.1) is 0 Å². The zero-order valence-electron chi connectivity index (χ0n) is 13.8. The maximum atomic E-state index is 12.0. The third-order valence-corrected chi connectivity index (χ3v) is 4.44. The SMILES string of the molecule is Cc1cn([C@@H]2O[C@H](COP(=O)([O-])OC(=O)C(F)(F)F)[C@@H](O)[C@H]2O)c(=O)[nH]c1=O. The third kappa shape index (κ3) is 4.87. The summed E-state index contributed by atoms with van der Waals surface area (Å²) < 4.78 is 60.5. The highest BCUT2D eigenvalue weighted by Gasteiger charge is 2.46. The number of halogens is 3. The molecule has 1 aromatic heterocycles. The van der Waals surface area contributed by atoms with Gasteiger partial charge >= 0.3 is 25.7 Å². The number of ether oxygens (including phenoxy) is 1. The number of alkyl halides is 3. The molecule has 0 aromatic carbocycles. The van der Waals surface area contributed by atoms with Gasteiger partial charge in [0.1, 0.15) is 18.3 Å². The Morgan fingerprint density at radius 3 is 2.57 bits per heavy atom. The second-order valence-corrected chi connectivity index (χ2v) is 6.98. The molecule has 12 nitrogen and oxygen atoms in total. The summed E-state index contributed by atoms with van der Waals surface area (Å²) in [7, 11) is -5.77. The van der Waals surface area contributed by atoms with Crippen LogP contribution in [0.25, 0.3) is 0 Å². The quantitative estimate of drug-likeness (QED) is 0.442. The zero-order valence-corrected chi connectivity index (χ0v) is 14.7. The average Bonchev–Trinajstić information content (AvgIpc) is 2.83. The fourth-order valence-corrected chi connectivity index (χ4v) is 2.91. The lowest BCUT2D eigenvalue weighted by molar-refractivity contribution is -0.238. The van der Waals surface area contributed by atoms with Crippen LogP contribution in [0.1, 0.15) is 11.8 Å². The van der Waals surface area contributed by atoms with E-state index in [1.807, 2.05) is 4.98 Å². The molecule has 1 saturated heterocycles. The highest BCUT2D eigenvalue weighted by molar-refractivity contribution is 7.46. The summed E-state index contributed by atoms with van der Waals surface area (Å²) in [6, 6.07) is 0. The van der Waals surface area contributed by atoms with E-state index < -0.39 is 62.4 Å². The number of aromatic amines is 1. The molecular weight excluding hydrogens is 420 g/mol. The summed E-state index contributed by atoms with van der Waals surface area (Å²) in [5.41, 5.74) is -1.68. The summed E-state index contributed by atoms with van der Waals surface area (Å²) in [5, 5.41) is 19.9. The van der Waals surface area contributed by atoms with Crippen LogP contribution in [-0.4, -0.2) is 56.8 Å². The van der Waals surface area contributed by atoms with Crippen molar-refractivity contribution in [2.24, 2.45) is 0 Å². The molecule has 1 aliphatic heterocycles. The molecule has 0 radical (unpaired) electrons. The minimum Gasteiger partial charge on any atom is -0.746 e. The van der Waals surface area contributed by atoms with Gasteiger partial charge in [0.25, 0.3) is 5.56 Å². The number of aryl methyl sites for hydroxylation is 1. The van der Waals surface area contributed by atoms with Crippen molar-refractivity contribution in [1.29, 1.82) is 0 Å². The van der Waals surface area contributed by atoms with E-state index in [0.717, 1.165) is 6.20 Å². The normalized spacial score (nSPS) is 27.4. The standard InChI is InChI=1S/C12H14F3N2O10P/c1-4-2-17(11(22)16-8(4)20)9-7(19)6(18)5(26-9)3-25-28(23,24)27-10(21)12(13,14)15/h2,5-7,9,18-19H,3H2,1H3,(H,23,24)(H,16,20,22)/p-1/t5-,6-,7-,9-/m1/s1. The molecular formula is C12H13F3N2O10P-. The molecule has 16 heteroatoms. The average molecular weight is 433 g/mol. The Morgan fingerprint density at radius 2 is 2.00 bits per heavy atom. The van der Waals surface area contributed by atoms with Gasteiger partial charge in [-0.3, -0.25) is 18.9 Å². The van der Waals surface area contributed by atoms with Crippen LogP contribution < -0.4 is 16.1 Å². The number of phosphoric ester groups is 1. The molecule has 1 unspecified atom stereocenters. The summed E-state index contributed by atoms with van der Waals surface area (Å²) in [6.07, 6.45) is -11.4.